The second-order valence-corrected chi connectivity index (χ2v) is 21.8. The lowest BCUT2D eigenvalue weighted by atomic mass is 9.46. The van der Waals surface area contributed by atoms with E-state index in [-0.39, 0.29) is 24.9 Å². The molecular formula is C50H92N3O7P. The number of hydrogen-bond donors (Lipinski definition) is 1. The molecule has 354 valence electrons. The summed E-state index contributed by atoms with van der Waals surface area (Å²) in [7, 11) is -1.41. The highest BCUT2D eigenvalue weighted by molar-refractivity contribution is 7.45. The predicted octanol–water partition coefficient (Wildman–Crippen LogP) is 11.4. The van der Waals surface area contributed by atoms with Crippen molar-refractivity contribution in [2.75, 3.05) is 65.9 Å². The average molecular weight is 879 g/mol. The molecule has 4 aliphatic carbocycles. The number of rotatable bonds is 30. The quantitative estimate of drug-likeness (QED) is 0.0250. The summed E-state index contributed by atoms with van der Waals surface area (Å²) in [6, 6.07) is 0.434. The number of carbonyl (C=O) groups is 1. The maximum absolute atomic E-state index is 13.0. The number of hydrogen-bond acceptors (Lipinski definition) is 9. The highest BCUT2D eigenvalue weighted by atomic mass is 31.2. The van der Waals surface area contributed by atoms with Gasteiger partial charge in [-0.2, -0.15) is 0 Å². The van der Waals surface area contributed by atoms with Gasteiger partial charge in [-0.25, -0.2) is 4.67 Å². The van der Waals surface area contributed by atoms with Crippen molar-refractivity contribution in [2.24, 2.45) is 57.2 Å². The minimum Gasteiger partial charge on any atom is -0.425 e. The Labute approximate surface area is 376 Å². The fourth-order valence-electron chi connectivity index (χ4n) is 12.0. The van der Waals surface area contributed by atoms with Crippen molar-refractivity contribution in [3.63, 3.8) is 0 Å². The summed E-state index contributed by atoms with van der Waals surface area (Å²) in [5.41, 5.74) is 2.55. The SMILES string of the molecule is [2H]CC(COCCOCCOCCOCCCNC(=O)C[C@H]1CC[C@@]2(C)C(=CCC3C4CCC([C@H](C)CCCC(C)C)[C@@]4(C)CCC32)C1)OP(O/C=N/CC)N(C(C)C)C(C)C. The Morgan fingerprint density at radius 1 is 0.902 bits per heavy atom. The first-order chi connectivity index (χ1) is 29.7. The molecule has 0 aromatic carbocycles. The lowest BCUT2D eigenvalue weighted by molar-refractivity contribution is -0.122. The fourth-order valence-corrected chi connectivity index (χ4v) is 13.4. The summed E-state index contributed by atoms with van der Waals surface area (Å²) in [6.07, 6.45) is 19.9. The van der Waals surface area contributed by atoms with E-state index in [4.69, 9.17) is 29.4 Å². The Balaban J connectivity index is 1.01. The Morgan fingerprint density at radius 3 is 2.25 bits per heavy atom. The molecule has 4 aliphatic rings. The second-order valence-electron chi connectivity index (χ2n) is 20.5. The molecule has 0 aromatic heterocycles. The summed E-state index contributed by atoms with van der Waals surface area (Å²) in [4.78, 5) is 17.2. The van der Waals surface area contributed by atoms with Crippen LogP contribution < -0.4 is 5.32 Å². The summed E-state index contributed by atoms with van der Waals surface area (Å²) in [6.45, 7) is 28.1. The lowest BCUT2D eigenvalue weighted by Gasteiger charge is -2.58. The molecule has 0 spiro atoms. The summed E-state index contributed by atoms with van der Waals surface area (Å²) in [5, 5.41) is 3.17. The van der Waals surface area contributed by atoms with Crippen molar-refractivity contribution in [1.82, 2.24) is 9.99 Å². The number of allylic oxidation sites excluding steroid dienone is 2. The van der Waals surface area contributed by atoms with Gasteiger partial charge in [0.2, 0.25) is 5.91 Å². The number of aliphatic imine (C=N–C) groups is 1. The third-order valence-electron chi connectivity index (χ3n) is 15.0. The van der Waals surface area contributed by atoms with Crippen molar-refractivity contribution >= 4 is 20.8 Å². The molecule has 0 aliphatic heterocycles. The van der Waals surface area contributed by atoms with Gasteiger partial charge >= 0.3 is 8.53 Å². The molecule has 0 heterocycles. The van der Waals surface area contributed by atoms with Crippen LogP contribution in [0, 0.1) is 52.3 Å². The molecule has 0 saturated heterocycles. The summed E-state index contributed by atoms with van der Waals surface area (Å²) in [5.74, 6) is 5.81. The minimum atomic E-state index is -1.41. The Hall–Kier alpha value is -1.13. The average Bonchev–Trinajstić information content (AvgIpc) is 3.58. The zero-order valence-corrected chi connectivity index (χ0v) is 41.5. The van der Waals surface area contributed by atoms with Crippen LogP contribution in [0.1, 0.15) is 161 Å². The molecule has 0 bridgehead atoms. The molecule has 1 N–H and O–H groups in total. The smallest absolute Gasteiger partial charge is 0.322 e. The van der Waals surface area contributed by atoms with Crippen LogP contribution >= 0.6 is 8.53 Å². The van der Waals surface area contributed by atoms with E-state index < -0.39 is 14.6 Å². The van der Waals surface area contributed by atoms with Crippen LogP contribution in [-0.4, -0.2) is 101 Å². The fraction of sp³-hybridized carbons (Fsp3) is 0.920. The number of amides is 1. The molecule has 0 radical (unpaired) electrons. The number of nitrogens with zero attached hydrogens (tertiary/aromatic N) is 2. The van der Waals surface area contributed by atoms with Gasteiger partial charge in [-0.1, -0.05) is 65.5 Å². The predicted molar refractivity (Wildman–Crippen MR) is 252 cm³/mol. The monoisotopic (exact) mass is 879 g/mol. The van der Waals surface area contributed by atoms with Crippen LogP contribution in [0.4, 0.5) is 0 Å². The van der Waals surface area contributed by atoms with Crippen molar-refractivity contribution in [2.45, 2.75) is 178 Å². The highest BCUT2D eigenvalue weighted by Gasteiger charge is 2.59. The van der Waals surface area contributed by atoms with Gasteiger partial charge in [0.05, 0.1) is 52.4 Å². The number of nitrogens with one attached hydrogen (secondary N) is 1. The third-order valence-corrected chi connectivity index (χ3v) is 17.0. The molecule has 10 nitrogen and oxygen atoms in total. The van der Waals surface area contributed by atoms with E-state index in [0.717, 1.165) is 48.3 Å². The standard InChI is InChI=1S/C50H92N3O7P/c1-12-51-36-59-61(53(38(4)5)39(6)7)60-41(9)35-58-32-31-57-30-29-56-28-27-55-26-14-25-52-48(54)34-42-21-23-49(10)43(33-42)17-18-44-46-20-19-45(40(8)16-13-15-37(2)3)50(46,11)24-22-47(44)49/h17,36-42,44-47H,12-16,18-35H2,1-11H3,(H,52,54)/b51-36+/t40-,41?,42+,44?,45?,46?,47?,49+,50-,61?/m1/s1/i9D. The van der Waals surface area contributed by atoms with Gasteiger partial charge in [-0.05, 0) is 152 Å². The number of ether oxygens (including phenoxy) is 4. The Bertz CT molecular complexity index is 1330. The van der Waals surface area contributed by atoms with Crippen LogP contribution in [0.25, 0.3) is 0 Å². The van der Waals surface area contributed by atoms with Gasteiger partial charge in [-0.15, -0.1) is 0 Å². The first-order valence-electron chi connectivity index (χ1n) is 25.4. The van der Waals surface area contributed by atoms with Crippen molar-refractivity contribution in [3.05, 3.63) is 11.6 Å². The summed E-state index contributed by atoms with van der Waals surface area (Å²) < 4.78 is 45.1. The zero-order chi connectivity index (χ0) is 45.1. The minimum absolute atomic E-state index is 0.0704. The van der Waals surface area contributed by atoms with Crippen molar-refractivity contribution < 1.29 is 34.2 Å². The van der Waals surface area contributed by atoms with Gasteiger partial charge < -0.3 is 33.3 Å². The van der Waals surface area contributed by atoms with Crippen molar-refractivity contribution in [3.8, 4) is 0 Å². The second kappa shape index (κ2) is 26.7. The Kier molecular flexibility index (Phi) is 22.3. The van der Waals surface area contributed by atoms with E-state index >= 15 is 0 Å². The Morgan fingerprint density at radius 2 is 1.59 bits per heavy atom. The van der Waals surface area contributed by atoms with E-state index in [0.29, 0.717) is 89.1 Å². The first kappa shape index (κ1) is 50.9. The molecule has 6 unspecified atom stereocenters. The molecule has 3 saturated carbocycles. The molecule has 11 heteroatoms. The zero-order valence-electron chi connectivity index (χ0n) is 41.6. The maximum atomic E-state index is 13.0. The van der Waals surface area contributed by atoms with Gasteiger partial charge in [-0.3, -0.25) is 9.79 Å². The van der Waals surface area contributed by atoms with Gasteiger partial charge in [0, 0.05) is 39.6 Å². The van der Waals surface area contributed by atoms with Gasteiger partial charge in [0.15, 0.2) is 6.40 Å². The maximum Gasteiger partial charge on any atom is 0.322 e. The molecule has 10 atom stereocenters. The molecule has 4 rings (SSSR count). The molecule has 0 aromatic rings. The van der Waals surface area contributed by atoms with E-state index in [1.165, 1.54) is 70.6 Å². The largest absolute Gasteiger partial charge is 0.425 e. The van der Waals surface area contributed by atoms with Gasteiger partial charge in [0.1, 0.15) is 0 Å². The normalized spacial score (nSPS) is 29.4. The van der Waals surface area contributed by atoms with Crippen molar-refractivity contribution in [1.29, 1.82) is 0 Å². The third kappa shape index (κ3) is 15.8. The molecule has 3 fully saturated rings. The number of fused-ring (bicyclic) bond motifs is 5. The van der Waals surface area contributed by atoms with E-state index in [1.54, 1.807) is 5.57 Å². The number of carbonyl (C=O) groups excluding carboxylic acids is 1. The van der Waals surface area contributed by atoms with E-state index in [9.17, 15) is 4.79 Å². The van der Waals surface area contributed by atoms with Crippen LogP contribution in [0.15, 0.2) is 16.6 Å². The topological polar surface area (TPSA) is 100 Å². The summed E-state index contributed by atoms with van der Waals surface area (Å²) >= 11 is 0. The van der Waals surface area contributed by atoms with Gasteiger partial charge in [0.25, 0.3) is 0 Å². The lowest BCUT2D eigenvalue weighted by Crippen LogP contribution is -2.50. The van der Waals surface area contributed by atoms with E-state index in [1.807, 2.05) is 6.92 Å². The molecule has 61 heavy (non-hydrogen) atoms. The van der Waals surface area contributed by atoms with Crippen LogP contribution in [0.5, 0.6) is 0 Å². The molecule has 1 amide bonds. The van der Waals surface area contributed by atoms with Crippen LogP contribution in [0.2, 0.25) is 0 Å². The first-order valence-corrected chi connectivity index (χ1v) is 25.8. The highest BCUT2D eigenvalue weighted by Crippen LogP contribution is 2.67. The van der Waals surface area contributed by atoms with Crippen LogP contribution in [0.3, 0.4) is 0 Å². The van der Waals surface area contributed by atoms with Crippen LogP contribution in [-0.2, 0) is 32.8 Å². The molecular weight excluding hydrogens is 786 g/mol. The van der Waals surface area contributed by atoms with E-state index in [2.05, 4.69) is 83.4 Å².